The highest BCUT2D eigenvalue weighted by atomic mass is 16.5. The second-order valence-electron chi connectivity index (χ2n) is 6.22. The van der Waals surface area contributed by atoms with E-state index in [0.29, 0.717) is 11.5 Å². The van der Waals surface area contributed by atoms with Gasteiger partial charge in [-0.3, -0.25) is 9.59 Å². The van der Waals surface area contributed by atoms with Crippen molar-refractivity contribution in [1.29, 1.82) is 0 Å². The fourth-order valence-electron chi connectivity index (χ4n) is 2.64. The minimum absolute atomic E-state index is 0.0574. The molecular formula is C20H20N2O6. The minimum atomic E-state index is -1.03. The van der Waals surface area contributed by atoms with Crippen LogP contribution in [0.2, 0.25) is 0 Å². The molecule has 2 N–H and O–H groups in total. The molecule has 0 aliphatic carbocycles. The molecule has 8 heteroatoms. The molecule has 28 heavy (non-hydrogen) atoms. The highest BCUT2D eigenvalue weighted by Crippen LogP contribution is 2.22. The molecule has 0 saturated heterocycles. The normalized spacial score (nSPS) is 11.8. The maximum Gasteiger partial charge on any atom is 0.355 e. The molecule has 0 fully saturated rings. The number of H-pyrrole nitrogens is 1. The van der Waals surface area contributed by atoms with E-state index in [1.54, 1.807) is 37.4 Å². The van der Waals surface area contributed by atoms with Crippen LogP contribution < -0.4 is 10.1 Å². The zero-order valence-electron chi connectivity index (χ0n) is 15.7. The van der Waals surface area contributed by atoms with Crippen LogP contribution in [0.15, 0.2) is 40.8 Å². The van der Waals surface area contributed by atoms with Crippen molar-refractivity contribution in [3.8, 4) is 5.75 Å². The number of carbonyl (C=O) groups is 3. The number of ether oxygens (including phenoxy) is 2. The van der Waals surface area contributed by atoms with Gasteiger partial charge in [-0.15, -0.1) is 0 Å². The molecule has 0 aliphatic heterocycles. The van der Waals surface area contributed by atoms with E-state index >= 15 is 0 Å². The number of ketones is 1. The molecule has 2 aromatic heterocycles. The first-order chi connectivity index (χ1) is 13.4. The molecule has 1 atom stereocenters. The van der Waals surface area contributed by atoms with Gasteiger partial charge in [0.05, 0.1) is 13.7 Å². The summed E-state index contributed by atoms with van der Waals surface area (Å²) in [4.78, 5) is 38.7. The van der Waals surface area contributed by atoms with Gasteiger partial charge in [-0.05, 0) is 43.3 Å². The Kier molecular flexibility index (Phi) is 5.49. The lowest BCUT2D eigenvalue weighted by Gasteiger charge is -2.10. The number of furan rings is 1. The number of esters is 1. The number of rotatable bonds is 7. The third kappa shape index (κ3) is 4.22. The molecule has 1 unspecified atom stereocenters. The number of hydrogen-bond donors (Lipinski definition) is 2. The smallest absolute Gasteiger partial charge is 0.355 e. The Labute approximate surface area is 160 Å². The molecule has 3 rings (SSSR count). The SMILES string of the molecule is COc1ccc2[nH]c(C(=O)OC(C)C(=O)c3ccc(CNC(C)=O)o3)cc2c1. The fourth-order valence-corrected chi connectivity index (χ4v) is 2.64. The summed E-state index contributed by atoms with van der Waals surface area (Å²) in [6.45, 7) is 3.04. The molecule has 0 aliphatic rings. The second-order valence-corrected chi connectivity index (χ2v) is 6.22. The first kappa shape index (κ1) is 19.2. The molecule has 146 valence electrons. The van der Waals surface area contributed by atoms with Crippen molar-refractivity contribution in [1.82, 2.24) is 10.3 Å². The zero-order chi connectivity index (χ0) is 20.3. The number of aromatic amines is 1. The summed E-state index contributed by atoms with van der Waals surface area (Å²) < 4.78 is 15.8. The van der Waals surface area contributed by atoms with E-state index in [1.165, 1.54) is 19.9 Å². The van der Waals surface area contributed by atoms with Gasteiger partial charge in [0.15, 0.2) is 11.9 Å². The van der Waals surface area contributed by atoms with Crippen molar-refractivity contribution in [2.45, 2.75) is 26.5 Å². The minimum Gasteiger partial charge on any atom is -0.497 e. The van der Waals surface area contributed by atoms with Gasteiger partial charge in [0.25, 0.3) is 0 Å². The van der Waals surface area contributed by atoms with Crippen LogP contribution in [0, 0.1) is 0 Å². The molecule has 0 saturated carbocycles. The van der Waals surface area contributed by atoms with E-state index in [0.717, 1.165) is 10.9 Å². The Bertz CT molecular complexity index is 1030. The molecule has 1 amide bonds. The van der Waals surface area contributed by atoms with Crippen molar-refractivity contribution < 1.29 is 28.3 Å². The number of methoxy groups -OCH3 is 1. The highest BCUT2D eigenvalue weighted by Gasteiger charge is 2.24. The molecule has 1 aromatic carbocycles. The zero-order valence-corrected chi connectivity index (χ0v) is 15.7. The Balaban J connectivity index is 1.66. The van der Waals surface area contributed by atoms with Crippen LogP contribution in [0.1, 0.15) is 40.7 Å². The summed E-state index contributed by atoms with van der Waals surface area (Å²) in [5.74, 6) is -0.171. The van der Waals surface area contributed by atoms with Crippen LogP contribution >= 0.6 is 0 Å². The number of hydrogen-bond acceptors (Lipinski definition) is 6. The van der Waals surface area contributed by atoms with Gasteiger partial charge in [-0.1, -0.05) is 0 Å². The summed E-state index contributed by atoms with van der Waals surface area (Å²) in [5.41, 5.74) is 0.981. The van der Waals surface area contributed by atoms with E-state index in [2.05, 4.69) is 10.3 Å². The van der Waals surface area contributed by atoms with Crippen LogP contribution in [0.25, 0.3) is 10.9 Å². The fraction of sp³-hybridized carbons (Fsp3) is 0.250. The van der Waals surface area contributed by atoms with E-state index in [1.807, 2.05) is 0 Å². The van der Waals surface area contributed by atoms with Gasteiger partial charge < -0.3 is 24.2 Å². The van der Waals surface area contributed by atoms with Crippen LogP contribution in [0.5, 0.6) is 5.75 Å². The standard InChI is InChI=1S/C20H20N2O6/c1-11(19(24)18-7-5-15(28-18)10-21-12(2)23)27-20(25)17-9-13-8-14(26-3)4-6-16(13)22-17/h4-9,11,22H,10H2,1-3H3,(H,21,23). The lowest BCUT2D eigenvalue weighted by atomic mass is 10.2. The molecule has 0 spiro atoms. The molecule has 0 radical (unpaired) electrons. The third-order valence-corrected chi connectivity index (χ3v) is 4.12. The van der Waals surface area contributed by atoms with Gasteiger partial charge in [-0.25, -0.2) is 4.79 Å². The Hall–Kier alpha value is -3.55. The predicted octanol–water partition coefficient (Wildman–Crippen LogP) is 2.83. The topological polar surface area (TPSA) is 111 Å². The molecule has 2 heterocycles. The van der Waals surface area contributed by atoms with E-state index in [-0.39, 0.29) is 23.9 Å². The molecule has 3 aromatic rings. The number of benzene rings is 1. The van der Waals surface area contributed by atoms with Crippen LogP contribution in [0.4, 0.5) is 0 Å². The van der Waals surface area contributed by atoms with Crippen LogP contribution in [-0.4, -0.2) is 35.9 Å². The lowest BCUT2D eigenvalue weighted by Crippen LogP contribution is -2.24. The van der Waals surface area contributed by atoms with Crippen LogP contribution in [0.3, 0.4) is 0 Å². The van der Waals surface area contributed by atoms with Crippen molar-refractivity contribution >= 4 is 28.6 Å². The van der Waals surface area contributed by atoms with Crippen LogP contribution in [-0.2, 0) is 16.1 Å². The number of carbonyl (C=O) groups excluding carboxylic acids is 3. The van der Waals surface area contributed by atoms with Gasteiger partial charge in [-0.2, -0.15) is 0 Å². The van der Waals surface area contributed by atoms with Crippen molar-refractivity contribution in [2.24, 2.45) is 0 Å². The number of fused-ring (bicyclic) bond motifs is 1. The Morgan fingerprint density at radius 1 is 1.18 bits per heavy atom. The summed E-state index contributed by atoms with van der Waals surface area (Å²) in [7, 11) is 1.56. The third-order valence-electron chi connectivity index (χ3n) is 4.12. The molecule has 8 nitrogen and oxygen atoms in total. The Morgan fingerprint density at radius 2 is 1.96 bits per heavy atom. The number of aromatic nitrogens is 1. The van der Waals surface area contributed by atoms with Crippen molar-refractivity contribution in [3.63, 3.8) is 0 Å². The monoisotopic (exact) mass is 384 g/mol. The van der Waals surface area contributed by atoms with Gasteiger partial charge in [0.2, 0.25) is 11.7 Å². The van der Waals surface area contributed by atoms with Gasteiger partial charge in [0.1, 0.15) is 17.2 Å². The van der Waals surface area contributed by atoms with Gasteiger partial charge in [0, 0.05) is 17.8 Å². The van der Waals surface area contributed by atoms with Gasteiger partial charge >= 0.3 is 5.97 Å². The first-order valence-electron chi connectivity index (χ1n) is 8.62. The van der Waals surface area contributed by atoms with E-state index in [4.69, 9.17) is 13.9 Å². The summed E-state index contributed by atoms with van der Waals surface area (Å²) in [5, 5.41) is 3.37. The number of Topliss-reactive ketones (excluding diaryl/α,β-unsaturated/α-hetero) is 1. The maximum absolute atomic E-state index is 12.4. The van der Waals surface area contributed by atoms with E-state index < -0.39 is 17.9 Å². The average Bonchev–Trinajstić information content (AvgIpc) is 3.31. The molecular weight excluding hydrogens is 364 g/mol. The number of amides is 1. The molecule has 0 bridgehead atoms. The van der Waals surface area contributed by atoms with E-state index in [9.17, 15) is 14.4 Å². The largest absolute Gasteiger partial charge is 0.497 e. The quantitative estimate of drug-likeness (QED) is 0.479. The lowest BCUT2D eigenvalue weighted by molar-refractivity contribution is -0.119. The summed E-state index contributed by atoms with van der Waals surface area (Å²) in [6.07, 6.45) is -1.03. The average molecular weight is 384 g/mol. The highest BCUT2D eigenvalue weighted by molar-refractivity contribution is 6.00. The number of nitrogens with one attached hydrogen (secondary N) is 2. The van der Waals surface area contributed by atoms with Crippen molar-refractivity contribution in [3.05, 3.63) is 53.6 Å². The first-order valence-corrected chi connectivity index (χ1v) is 8.62. The summed E-state index contributed by atoms with van der Waals surface area (Å²) in [6, 6.07) is 10.1. The predicted molar refractivity (Wildman–Crippen MR) is 100 cm³/mol. The second kappa shape index (κ2) is 7.99. The maximum atomic E-state index is 12.4. The Morgan fingerprint density at radius 3 is 2.68 bits per heavy atom. The van der Waals surface area contributed by atoms with Crippen molar-refractivity contribution in [2.75, 3.05) is 7.11 Å². The summed E-state index contributed by atoms with van der Waals surface area (Å²) >= 11 is 0.